The lowest BCUT2D eigenvalue weighted by atomic mass is 9.73. The Bertz CT molecular complexity index is 477. The van der Waals surface area contributed by atoms with E-state index in [1.807, 2.05) is 18.2 Å². The second-order valence-corrected chi connectivity index (χ2v) is 6.88. The third-order valence-corrected chi connectivity index (χ3v) is 5.68. The molecule has 3 nitrogen and oxygen atoms in total. The van der Waals surface area contributed by atoms with Gasteiger partial charge in [-0.1, -0.05) is 11.6 Å². The van der Waals surface area contributed by atoms with Crippen molar-refractivity contribution in [1.29, 1.82) is 0 Å². The maximum Gasteiger partial charge on any atom is 0.0759 e. The number of hydrogen-bond acceptors (Lipinski definition) is 3. The number of nitrogens with one attached hydrogen (secondary N) is 1. The standard InChI is InChI=1S/C14H18BrClN2O/c15-12-7-11(1-2-13(12)16)17-14(9-19)8-18-5-3-10(14)4-6-18/h1-2,7,10,17,19H,3-6,8-9H2. The number of anilines is 1. The summed E-state index contributed by atoms with van der Waals surface area (Å²) in [6.45, 7) is 3.43. The van der Waals surface area contributed by atoms with E-state index >= 15 is 0 Å². The predicted molar refractivity (Wildman–Crippen MR) is 81.8 cm³/mol. The molecule has 0 aromatic heterocycles. The molecule has 1 aromatic carbocycles. The van der Waals surface area contributed by atoms with Gasteiger partial charge in [0.1, 0.15) is 0 Å². The lowest BCUT2D eigenvalue weighted by Crippen LogP contribution is -2.64. The minimum absolute atomic E-state index is 0.175. The van der Waals surface area contributed by atoms with Gasteiger partial charge in [0.25, 0.3) is 0 Å². The van der Waals surface area contributed by atoms with Gasteiger partial charge in [-0.05, 0) is 66.0 Å². The Morgan fingerprint density at radius 2 is 2.16 bits per heavy atom. The van der Waals surface area contributed by atoms with Crippen LogP contribution >= 0.6 is 27.5 Å². The van der Waals surface area contributed by atoms with E-state index in [-0.39, 0.29) is 12.1 Å². The Morgan fingerprint density at radius 1 is 1.42 bits per heavy atom. The molecule has 0 amide bonds. The quantitative estimate of drug-likeness (QED) is 0.884. The first-order chi connectivity index (χ1) is 9.13. The number of hydrogen-bond donors (Lipinski definition) is 2. The lowest BCUT2D eigenvalue weighted by molar-refractivity contribution is 0.00918. The number of fused-ring (bicyclic) bond motifs is 3. The summed E-state index contributed by atoms with van der Waals surface area (Å²) in [4.78, 5) is 2.44. The van der Waals surface area contributed by atoms with Crippen LogP contribution in [0.25, 0.3) is 0 Å². The molecule has 2 bridgehead atoms. The lowest BCUT2D eigenvalue weighted by Gasteiger charge is -2.53. The van der Waals surface area contributed by atoms with Crippen molar-refractivity contribution in [3.05, 3.63) is 27.7 Å². The van der Waals surface area contributed by atoms with Crippen LogP contribution in [0.1, 0.15) is 12.8 Å². The molecule has 3 heterocycles. The largest absolute Gasteiger partial charge is 0.394 e. The normalized spacial score (nSPS) is 33.4. The van der Waals surface area contributed by atoms with Gasteiger partial charge < -0.3 is 15.3 Å². The minimum atomic E-state index is -0.205. The molecule has 3 aliphatic rings. The number of halogens is 2. The molecular formula is C14H18BrClN2O. The van der Waals surface area contributed by atoms with Crippen molar-refractivity contribution in [2.75, 3.05) is 31.6 Å². The molecule has 3 saturated heterocycles. The monoisotopic (exact) mass is 344 g/mol. The molecule has 2 N–H and O–H groups in total. The van der Waals surface area contributed by atoms with Crippen LogP contribution in [0.4, 0.5) is 5.69 Å². The number of aliphatic hydroxyl groups excluding tert-OH is 1. The second-order valence-electron chi connectivity index (χ2n) is 5.62. The summed E-state index contributed by atoms with van der Waals surface area (Å²) in [6, 6.07) is 5.83. The van der Waals surface area contributed by atoms with Crippen LogP contribution < -0.4 is 5.32 Å². The van der Waals surface area contributed by atoms with Gasteiger partial charge in [0.15, 0.2) is 0 Å². The van der Waals surface area contributed by atoms with Crippen LogP contribution in [0.2, 0.25) is 5.02 Å². The van der Waals surface area contributed by atoms with Crippen LogP contribution in [0.5, 0.6) is 0 Å². The molecule has 0 aliphatic carbocycles. The summed E-state index contributed by atoms with van der Waals surface area (Å²) in [6.07, 6.45) is 2.34. The van der Waals surface area contributed by atoms with E-state index in [0.717, 1.165) is 16.7 Å². The average Bonchev–Trinajstić information content (AvgIpc) is 2.44. The van der Waals surface area contributed by atoms with Crippen LogP contribution in [-0.2, 0) is 0 Å². The van der Waals surface area contributed by atoms with Gasteiger partial charge >= 0.3 is 0 Å². The zero-order valence-corrected chi connectivity index (χ0v) is 13.0. The molecule has 1 atom stereocenters. The highest BCUT2D eigenvalue weighted by molar-refractivity contribution is 9.10. The molecule has 0 saturated carbocycles. The van der Waals surface area contributed by atoms with Crippen LogP contribution in [-0.4, -0.2) is 41.8 Å². The van der Waals surface area contributed by atoms with Gasteiger partial charge in [-0.2, -0.15) is 0 Å². The Kier molecular flexibility index (Phi) is 3.78. The van der Waals surface area contributed by atoms with E-state index in [9.17, 15) is 5.11 Å². The fourth-order valence-corrected chi connectivity index (χ4v) is 3.89. The zero-order chi connectivity index (χ0) is 13.5. The number of aliphatic hydroxyl groups is 1. The van der Waals surface area contributed by atoms with Crippen molar-refractivity contribution in [2.24, 2.45) is 5.92 Å². The van der Waals surface area contributed by atoms with E-state index < -0.39 is 0 Å². The molecule has 0 radical (unpaired) electrons. The van der Waals surface area contributed by atoms with E-state index in [1.54, 1.807) is 0 Å². The van der Waals surface area contributed by atoms with Gasteiger partial charge in [0, 0.05) is 16.7 Å². The molecule has 1 unspecified atom stereocenters. The van der Waals surface area contributed by atoms with Crippen molar-refractivity contribution >= 4 is 33.2 Å². The van der Waals surface area contributed by atoms with Gasteiger partial charge in [0.2, 0.25) is 0 Å². The maximum atomic E-state index is 9.92. The molecule has 104 valence electrons. The van der Waals surface area contributed by atoms with Gasteiger partial charge in [-0.15, -0.1) is 0 Å². The zero-order valence-electron chi connectivity index (χ0n) is 10.7. The number of rotatable bonds is 3. The van der Waals surface area contributed by atoms with Crippen LogP contribution in [0.15, 0.2) is 22.7 Å². The maximum absolute atomic E-state index is 9.92. The van der Waals surface area contributed by atoms with Gasteiger partial charge in [-0.3, -0.25) is 0 Å². The Labute approximate surface area is 127 Å². The Balaban J connectivity index is 1.85. The second kappa shape index (κ2) is 5.24. The summed E-state index contributed by atoms with van der Waals surface area (Å²) in [5.41, 5.74) is 0.808. The van der Waals surface area contributed by atoms with E-state index in [0.29, 0.717) is 10.9 Å². The number of nitrogens with zero attached hydrogens (tertiary/aromatic N) is 1. The summed E-state index contributed by atoms with van der Waals surface area (Å²) in [7, 11) is 0. The van der Waals surface area contributed by atoms with Crippen molar-refractivity contribution in [1.82, 2.24) is 4.90 Å². The topological polar surface area (TPSA) is 35.5 Å². The Hall–Kier alpha value is -0.290. The smallest absolute Gasteiger partial charge is 0.0759 e. The fraction of sp³-hybridized carbons (Fsp3) is 0.571. The van der Waals surface area contributed by atoms with Crippen molar-refractivity contribution in [3.8, 4) is 0 Å². The summed E-state index contributed by atoms with van der Waals surface area (Å²) >= 11 is 9.47. The third-order valence-electron chi connectivity index (χ3n) is 4.47. The van der Waals surface area contributed by atoms with E-state index in [1.165, 1.54) is 25.9 Å². The molecular weight excluding hydrogens is 328 g/mol. The third kappa shape index (κ3) is 2.51. The molecule has 3 aliphatic heterocycles. The van der Waals surface area contributed by atoms with Gasteiger partial charge in [0.05, 0.1) is 17.2 Å². The highest BCUT2D eigenvalue weighted by atomic mass is 79.9. The first-order valence-corrected chi connectivity index (χ1v) is 7.86. The first kappa shape index (κ1) is 13.7. The predicted octanol–water partition coefficient (Wildman–Crippen LogP) is 2.97. The molecule has 1 aromatic rings. The number of piperidine rings is 3. The van der Waals surface area contributed by atoms with E-state index in [4.69, 9.17) is 11.6 Å². The molecule has 5 heteroatoms. The Morgan fingerprint density at radius 3 is 2.68 bits per heavy atom. The highest BCUT2D eigenvalue weighted by Gasteiger charge is 2.46. The summed E-state index contributed by atoms with van der Waals surface area (Å²) < 4.78 is 0.883. The van der Waals surface area contributed by atoms with Crippen molar-refractivity contribution in [3.63, 3.8) is 0 Å². The first-order valence-electron chi connectivity index (χ1n) is 6.69. The van der Waals surface area contributed by atoms with Crippen LogP contribution in [0.3, 0.4) is 0 Å². The van der Waals surface area contributed by atoms with E-state index in [2.05, 4.69) is 26.1 Å². The molecule has 4 rings (SSSR count). The molecule has 19 heavy (non-hydrogen) atoms. The molecule has 0 spiro atoms. The van der Waals surface area contributed by atoms with Crippen molar-refractivity contribution in [2.45, 2.75) is 18.4 Å². The number of benzene rings is 1. The average molecular weight is 346 g/mol. The van der Waals surface area contributed by atoms with Gasteiger partial charge in [-0.25, -0.2) is 0 Å². The summed E-state index contributed by atoms with van der Waals surface area (Å²) in [5, 5.41) is 14.2. The van der Waals surface area contributed by atoms with Crippen molar-refractivity contribution < 1.29 is 5.11 Å². The van der Waals surface area contributed by atoms with Crippen LogP contribution in [0, 0.1) is 5.92 Å². The SMILES string of the molecule is OCC1(Nc2ccc(Cl)c(Br)c2)CN2CCC1CC2. The summed E-state index contributed by atoms with van der Waals surface area (Å²) in [5.74, 6) is 0.553. The fourth-order valence-electron chi connectivity index (χ4n) is 3.39. The minimum Gasteiger partial charge on any atom is -0.394 e. The highest BCUT2D eigenvalue weighted by Crippen LogP contribution is 2.38. The molecule has 3 fully saturated rings.